The Bertz CT molecular complexity index is 556. The molecule has 5 rings (SSSR count). The highest BCUT2D eigenvalue weighted by Crippen LogP contribution is 2.65. The second kappa shape index (κ2) is 3.68. The molecule has 0 aliphatic carbocycles. The molecule has 2 saturated heterocycles. The molecule has 4 aliphatic heterocycles. The molecule has 1 aromatic carbocycles. The second-order valence-electron chi connectivity index (χ2n) is 6.10. The van der Waals surface area contributed by atoms with Crippen LogP contribution in [0.5, 0.6) is 11.5 Å². The lowest BCUT2D eigenvalue weighted by Crippen LogP contribution is -2.12. The zero-order valence-corrected chi connectivity index (χ0v) is 11.8. The largest absolute Gasteiger partial charge is 0.492 e. The second-order valence-corrected chi connectivity index (χ2v) is 6.10. The lowest BCUT2D eigenvalue weighted by Gasteiger charge is -2.25. The first kappa shape index (κ1) is 11.4. The van der Waals surface area contributed by atoms with Crippen LogP contribution in [0.15, 0.2) is 0 Å². The van der Waals surface area contributed by atoms with Gasteiger partial charge in [0.25, 0.3) is 0 Å². The number of hydrogen-bond donors (Lipinski definition) is 0. The van der Waals surface area contributed by atoms with Crippen LogP contribution in [-0.2, 0) is 9.47 Å². The van der Waals surface area contributed by atoms with Crippen LogP contribution in [0.1, 0.15) is 72.4 Å². The predicted octanol–water partition coefficient (Wildman–Crippen LogP) is 3.52. The van der Waals surface area contributed by atoms with Crippen molar-refractivity contribution in [2.75, 3.05) is 14.2 Å². The van der Waals surface area contributed by atoms with Crippen LogP contribution in [0, 0.1) is 0 Å². The van der Waals surface area contributed by atoms with Crippen molar-refractivity contribution in [1.82, 2.24) is 0 Å². The average Bonchev–Trinajstić information content (AvgIpc) is 3.23. The van der Waals surface area contributed by atoms with Crippen molar-refractivity contribution in [2.24, 2.45) is 0 Å². The van der Waals surface area contributed by atoms with E-state index >= 15 is 0 Å². The maximum absolute atomic E-state index is 6.13. The number of fused-ring (bicyclic) bond motifs is 11. The number of hydrogen-bond acceptors (Lipinski definition) is 4. The molecule has 0 amide bonds. The van der Waals surface area contributed by atoms with E-state index in [1.165, 1.54) is 22.3 Å². The molecule has 4 bridgehead atoms. The summed E-state index contributed by atoms with van der Waals surface area (Å²) < 4.78 is 23.7. The summed E-state index contributed by atoms with van der Waals surface area (Å²) in [4.78, 5) is 0. The summed E-state index contributed by atoms with van der Waals surface area (Å²) in [6, 6.07) is 0. The highest BCUT2D eigenvalue weighted by Gasteiger charge is 2.51. The number of ether oxygens (including phenoxy) is 4. The summed E-state index contributed by atoms with van der Waals surface area (Å²) in [5.74, 6) is 1.76. The van der Waals surface area contributed by atoms with E-state index in [0.29, 0.717) is 0 Å². The standard InChI is InChI=1S/C16H18O4/c1-17-15-13-9-5-3-7(19-9)11(13)12-8-4-6-10(20-8)14(12)16(15)18-2/h7-10H,3-6H2,1-2H3. The van der Waals surface area contributed by atoms with E-state index in [1.54, 1.807) is 14.2 Å². The molecular formula is C16H18O4. The first-order chi connectivity index (χ1) is 9.83. The molecule has 1 aromatic rings. The molecule has 4 nitrogen and oxygen atoms in total. The number of methoxy groups -OCH3 is 2. The van der Waals surface area contributed by atoms with Gasteiger partial charge in [0.1, 0.15) is 0 Å². The van der Waals surface area contributed by atoms with Crippen LogP contribution >= 0.6 is 0 Å². The van der Waals surface area contributed by atoms with Crippen molar-refractivity contribution in [3.63, 3.8) is 0 Å². The van der Waals surface area contributed by atoms with Crippen molar-refractivity contribution in [2.45, 2.75) is 50.1 Å². The van der Waals surface area contributed by atoms with E-state index in [-0.39, 0.29) is 24.4 Å². The summed E-state index contributed by atoms with van der Waals surface area (Å²) in [5, 5.41) is 0. The Balaban J connectivity index is 1.87. The Kier molecular flexibility index (Phi) is 2.10. The van der Waals surface area contributed by atoms with Gasteiger partial charge in [0.15, 0.2) is 11.5 Å². The van der Waals surface area contributed by atoms with E-state index in [0.717, 1.165) is 37.2 Å². The van der Waals surface area contributed by atoms with E-state index < -0.39 is 0 Å². The predicted molar refractivity (Wildman–Crippen MR) is 71.1 cm³/mol. The third-order valence-electron chi connectivity index (χ3n) is 5.30. The average molecular weight is 274 g/mol. The Morgan fingerprint density at radius 2 is 1.00 bits per heavy atom. The molecule has 4 atom stereocenters. The molecule has 4 heterocycles. The Morgan fingerprint density at radius 1 is 0.650 bits per heavy atom. The Hall–Kier alpha value is -1.26. The quantitative estimate of drug-likeness (QED) is 0.827. The van der Waals surface area contributed by atoms with Crippen LogP contribution in [-0.4, -0.2) is 14.2 Å². The highest BCUT2D eigenvalue weighted by atomic mass is 16.5. The molecular weight excluding hydrogens is 256 g/mol. The molecule has 0 N–H and O–H groups in total. The first-order valence-electron chi connectivity index (χ1n) is 7.46. The van der Waals surface area contributed by atoms with Crippen molar-refractivity contribution in [3.05, 3.63) is 22.3 Å². The monoisotopic (exact) mass is 274 g/mol. The van der Waals surface area contributed by atoms with Crippen molar-refractivity contribution < 1.29 is 18.9 Å². The topological polar surface area (TPSA) is 36.9 Å². The summed E-state index contributed by atoms with van der Waals surface area (Å²) in [6.07, 6.45) is 5.27. The van der Waals surface area contributed by atoms with Gasteiger partial charge in [-0.3, -0.25) is 0 Å². The molecule has 4 aliphatic rings. The molecule has 0 radical (unpaired) electrons. The Morgan fingerprint density at radius 3 is 1.35 bits per heavy atom. The van der Waals surface area contributed by atoms with Crippen LogP contribution < -0.4 is 9.47 Å². The zero-order valence-electron chi connectivity index (χ0n) is 11.8. The van der Waals surface area contributed by atoms with E-state index in [2.05, 4.69) is 0 Å². The summed E-state index contributed by atoms with van der Waals surface area (Å²) in [6.45, 7) is 0. The van der Waals surface area contributed by atoms with Crippen LogP contribution in [0.4, 0.5) is 0 Å². The van der Waals surface area contributed by atoms with Crippen molar-refractivity contribution in [3.8, 4) is 11.5 Å². The van der Waals surface area contributed by atoms with E-state index in [4.69, 9.17) is 18.9 Å². The van der Waals surface area contributed by atoms with Gasteiger partial charge in [-0.15, -0.1) is 0 Å². The fraction of sp³-hybridized carbons (Fsp3) is 0.625. The minimum absolute atomic E-state index is 0.184. The summed E-state index contributed by atoms with van der Waals surface area (Å²) >= 11 is 0. The first-order valence-corrected chi connectivity index (χ1v) is 7.46. The summed E-state index contributed by atoms with van der Waals surface area (Å²) in [7, 11) is 3.45. The van der Waals surface area contributed by atoms with Gasteiger partial charge >= 0.3 is 0 Å². The fourth-order valence-corrected chi connectivity index (χ4v) is 4.64. The van der Waals surface area contributed by atoms with Gasteiger partial charge in [0, 0.05) is 11.1 Å². The van der Waals surface area contributed by atoms with E-state index in [1.807, 2.05) is 0 Å². The fourth-order valence-electron chi connectivity index (χ4n) is 4.64. The van der Waals surface area contributed by atoms with Crippen LogP contribution in [0.3, 0.4) is 0 Å². The maximum Gasteiger partial charge on any atom is 0.167 e. The molecule has 0 saturated carbocycles. The van der Waals surface area contributed by atoms with Crippen molar-refractivity contribution in [1.29, 1.82) is 0 Å². The highest BCUT2D eigenvalue weighted by molar-refractivity contribution is 5.66. The molecule has 0 aromatic heterocycles. The van der Waals surface area contributed by atoms with E-state index in [9.17, 15) is 0 Å². The lowest BCUT2D eigenvalue weighted by molar-refractivity contribution is 0.0621. The van der Waals surface area contributed by atoms with Gasteiger partial charge in [0.2, 0.25) is 0 Å². The lowest BCUT2D eigenvalue weighted by atomic mass is 9.79. The smallest absolute Gasteiger partial charge is 0.167 e. The van der Waals surface area contributed by atoms with Gasteiger partial charge in [-0.2, -0.15) is 0 Å². The zero-order chi connectivity index (χ0) is 13.4. The summed E-state index contributed by atoms with van der Waals surface area (Å²) in [5.41, 5.74) is 5.19. The maximum atomic E-state index is 6.13. The van der Waals surface area contributed by atoms with Gasteiger partial charge in [-0.05, 0) is 36.8 Å². The van der Waals surface area contributed by atoms with Crippen LogP contribution in [0.2, 0.25) is 0 Å². The third kappa shape index (κ3) is 1.12. The number of rotatable bonds is 2. The van der Waals surface area contributed by atoms with Gasteiger partial charge in [0.05, 0.1) is 38.6 Å². The molecule has 106 valence electrons. The molecule has 4 heteroatoms. The SMILES string of the molecule is COc1c(OC)c2c(c3c1C1CCC3O1)C1CCC2O1. The Labute approximate surface area is 118 Å². The molecule has 20 heavy (non-hydrogen) atoms. The molecule has 2 fully saturated rings. The van der Waals surface area contributed by atoms with Crippen molar-refractivity contribution >= 4 is 0 Å². The minimum Gasteiger partial charge on any atom is -0.492 e. The number of benzene rings is 1. The molecule has 0 spiro atoms. The molecule has 4 unspecified atom stereocenters. The van der Waals surface area contributed by atoms with Gasteiger partial charge < -0.3 is 18.9 Å². The minimum atomic E-state index is 0.184. The van der Waals surface area contributed by atoms with Gasteiger partial charge in [-0.1, -0.05) is 0 Å². The normalized spacial score (nSPS) is 35.3. The van der Waals surface area contributed by atoms with Gasteiger partial charge in [-0.25, -0.2) is 0 Å². The van der Waals surface area contributed by atoms with Crippen LogP contribution in [0.25, 0.3) is 0 Å². The third-order valence-corrected chi connectivity index (χ3v) is 5.30.